The lowest BCUT2D eigenvalue weighted by Gasteiger charge is -2.36. The Kier molecular flexibility index (Phi) is 4.71. The van der Waals surface area contributed by atoms with E-state index >= 15 is 0 Å². The third-order valence-corrected chi connectivity index (χ3v) is 5.12. The predicted molar refractivity (Wildman–Crippen MR) is 84.7 cm³/mol. The smallest absolute Gasteiger partial charge is 0.342 e. The number of hydrogen-bond donors (Lipinski definition) is 2. The lowest BCUT2D eigenvalue weighted by Crippen LogP contribution is -2.46. The quantitative estimate of drug-likeness (QED) is 0.732. The van der Waals surface area contributed by atoms with Crippen molar-refractivity contribution in [3.63, 3.8) is 0 Å². The van der Waals surface area contributed by atoms with E-state index in [0.717, 1.165) is 32.1 Å². The van der Waals surface area contributed by atoms with Gasteiger partial charge in [-0.1, -0.05) is 19.3 Å². The summed E-state index contributed by atoms with van der Waals surface area (Å²) in [5.74, 6) is 0.265. The lowest BCUT2D eigenvalue weighted by molar-refractivity contribution is -0.142. The summed E-state index contributed by atoms with van der Waals surface area (Å²) in [6.07, 6.45) is -4.67. The number of hydrogen-bond acceptors (Lipinski definition) is 2. The standard InChI is InChI=1S/C17H19F6N3/c1-24-15(5-3-2-4-6-15)9-13-25-12-8-10(16(18,19)20)7-11(14(12)26-13)17(21,22)23/h7-8,24H,2-6,9H2,1H3,(H,25,26). The van der Waals surface area contributed by atoms with Crippen molar-refractivity contribution in [3.8, 4) is 0 Å². The van der Waals surface area contributed by atoms with Crippen LogP contribution in [0.2, 0.25) is 0 Å². The highest BCUT2D eigenvalue weighted by Crippen LogP contribution is 2.40. The second-order valence-corrected chi connectivity index (χ2v) is 6.87. The van der Waals surface area contributed by atoms with Crippen LogP contribution in [0.4, 0.5) is 26.3 Å². The minimum Gasteiger partial charge on any atom is -0.342 e. The van der Waals surface area contributed by atoms with Crippen LogP contribution in [0.15, 0.2) is 12.1 Å². The summed E-state index contributed by atoms with van der Waals surface area (Å²) in [4.78, 5) is 6.68. The van der Waals surface area contributed by atoms with Crippen molar-refractivity contribution >= 4 is 11.0 Å². The normalized spacial score (nSPS) is 18.4. The van der Waals surface area contributed by atoms with Crippen LogP contribution in [0.25, 0.3) is 11.0 Å². The molecular weight excluding hydrogens is 360 g/mol. The van der Waals surface area contributed by atoms with E-state index < -0.39 is 29.0 Å². The molecule has 144 valence electrons. The fraction of sp³-hybridized carbons (Fsp3) is 0.588. The number of rotatable bonds is 3. The zero-order valence-electron chi connectivity index (χ0n) is 14.1. The van der Waals surface area contributed by atoms with Crippen molar-refractivity contribution < 1.29 is 26.3 Å². The number of aromatic nitrogens is 2. The van der Waals surface area contributed by atoms with E-state index in [0.29, 0.717) is 12.5 Å². The first-order valence-corrected chi connectivity index (χ1v) is 8.40. The summed E-state index contributed by atoms with van der Waals surface area (Å²) in [6, 6.07) is 0.815. The molecule has 0 amide bonds. The minimum atomic E-state index is -4.92. The summed E-state index contributed by atoms with van der Waals surface area (Å²) in [5.41, 5.74) is -3.72. The van der Waals surface area contributed by atoms with Gasteiger partial charge in [0.25, 0.3) is 0 Å². The van der Waals surface area contributed by atoms with Crippen LogP contribution < -0.4 is 5.32 Å². The first-order chi connectivity index (χ1) is 12.0. The third kappa shape index (κ3) is 3.67. The van der Waals surface area contributed by atoms with E-state index in [4.69, 9.17) is 0 Å². The molecule has 1 heterocycles. The number of likely N-dealkylation sites (N-methyl/N-ethyl adjacent to an activating group) is 1. The summed E-state index contributed by atoms with van der Waals surface area (Å²) >= 11 is 0. The molecule has 0 spiro atoms. The van der Waals surface area contributed by atoms with Gasteiger partial charge in [-0.3, -0.25) is 0 Å². The van der Waals surface area contributed by atoms with Crippen molar-refractivity contribution in [1.82, 2.24) is 15.3 Å². The highest BCUT2D eigenvalue weighted by atomic mass is 19.4. The lowest BCUT2D eigenvalue weighted by atomic mass is 9.79. The average Bonchev–Trinajstić information content (AvgIpc) is 2.94. The molecule has 26 heavy (non-hydrogen) atoms. The molecule has 0 unspecified atom stereocenters. The molecule has 1 aromatic heterocycles. The maximum Gasteiger partial charge on any atom is 0.418 e. The van der Waals surface area contributed by atoms with Gasteiger partial charge in [0.1, 0.15) is 11.3 Å². The van der Waals surface area contributed by atoms with E-state index in [1.54, 1.807) is 7.05 Å². The molecule has 0 aliphatic heterocycles. The van der Waals surface area contributed by atoms with E-state index in [9.17, 15) is 26.3 Å². The Morgan fingerprint density at radius 1 is 1.04 bits per heavy atom. The molecule has 1 fully saturated rings. The fourth-order valence-corrected chi connectivity index (χ4v) is 3.70. The van der Waals surface area contributed by atoms with Gasteiger partial charge in [-0.2, -0.15) is 26.3 Å². The SMILES string of the molecule is CNC1(Cc2nc3c(C(F)(F)F)cc(C(F)(F)F)cc3[nH]2)CCCCC1. The Hall–Kier alpha value is -1.77. The van der Waals surface area contributed by atoms with Crippen LogP contribution in [-0.4, -0.2) is 22.6 Å². The number of fused-ring (bicyclic) bond motifs is 1. The molecular formula is C17H19F6N3. The van der Waals surface area contributed by atoms with Crippen LogP contribution in [0.3, 0.4) is 0 Å². The molecule has 3 nitrogen and oxygen atoms in total. The van der Waals surface area contributed by atoms with Gasteiger partial charge in [-0.25, -0.2) is 4.98 Å². The van der Waals surface area contributed by atoms with Crippen molar-refractivity contribution in [1.29, 1.82) is 0 Å². The Labute approximate surface area is 146 Å². The number of halogens is 6. The van der Waals surface area contributed by atoms with Crippen molar-refractivity contribution in [2.75, 3.05) is 7.05 Å². The second-order valence-electron chi connectivity index (χ2n) is 6.87. The largest absolute Gasteiger partial charge is 0.418 e. The van der Waals surface area contributed by atoms with Crippen LogP contribution in [0, 0.1) is 0 Å². The first kappa shape index (κ1) is 19.0. The zero-order chi connectivity index (χ0) is 19.2. The molecule has 1 aliphatic carbocycles. The van der Waals surface area contributed by atoms with Gasteiger partial charge in [0.05, 0.1) is 16.6 Å². The number of nitrogens with zero attached hydrogens (tertiary/aromatic N) is 1. The number of nitrogens with one attached hydrogen (secondary N) is 2. The molecule has 2 N–H and O–H groups in total. The number of alkyl halides is 6. The fourth-order valence-electron chi connectivity index (χ4n) is 3.70. The molecule has 0 radical (unpaired) electrons. The summed E-state index contributed by atoms with van der Waals surface area (Å²) < 4.78 is 78.7. The highest BCUT2D eigenvalue weighted by molar-refractivity contribution is 5.80. The average molecular weight is 379 g/mol. The molecule has 0 atom stereocenters. The van der Waals surface area contributed by atoms with Crippen molar-refractivity contribution in [2.45, 2.75) is 56.4 Å². The molecule has 1 saturated carbocycles. The van der Waals surface area contributed by atoms with Gasteiger partial charge in [-0.15, -0.1) is 0 Å². The Bertz CT molecular complexity index is 784. The maximum absolute atomic E-state index is 13.3. The summed E-state index contributed by atoms with van der Waals surface area (Å²) in [7, 11) is 1.79. The van der Waals surface area contributed by atoms with Gasteiger partial charge >= 0.3 is 12.4 Å². The second kappa shape index (κ2) is 6.44. The van der Waals surface area contributed by atoms with Gasteiger partial charge in [0, 0.05) is 12.0 Å². The molecule has 2 aromatic rings. The number of imidazole rings is 1. The highest BCUT2D eigenvalue weighted by Gasteiger charge is 2.39. The molecule has 1 aromatic carbocycles. The predicted octanol–water partition coefficient (Wildman–Crippen LogP) is 5.07. The molecule has 9 heteroatoms. The summed E-state index contributed by atoms with van der Waals surface area (Å²) in [6.45, 7) is 0. The molecule has 3 rings (SSSR count). The monoisotopic (exact) mass is 379 g/mol. The van der Waals surface area contributed by atoms with E-state index in [1.165, 1.54) is 0 Å². The molecule has 1 aliphatic rings. The number of benzene rings is 1. The van der Waals surface area contributed by atoms with E-state index in [1.807, 2.05) is 0 Å². The molecule has 0 bridgehead atoms. The number of aromatic amines is 1. The van der Waals surface area contributed by atoms with Crippen molar-refractivity contribution in [2.24, 2.45) is 0 Å². The van der Waals surface area contributed by atoms with Crippen LogP contribution in [0.1, 0.15) is 49.1 Å². The van der Waals surface area contributed by atoms with Crippen molar-refractivity contribution in [3.05, 3.63) is 29.1 Å². The minimum absolute atomic E-state index is 0.126. The topological polar surface area (TPSA) is 40.7 Å². The van der Waals surface area contributed by atoms with Gasteiger partial charge < -0.3 is 10.3 Å². The van der Waals surface area contributed by atoms with Gasteiger partial charge in [0.2, 0.25) is 0 Å². The summed E-state index contributed by atoms with van der Waals surface area (Å²) in [5, 5.41) is 3.23. The van der Waals surface area contributed by atoms with Gasteiger partial charge in [0.15, 0.2) is 0 Å². The first-order valence-electron chi connectivity index (χ1n) is 8.40. The van der Waals surface area contributed by atoms with Gasteiger partial charge in [-0.05, 0) is 32.0 Å². The Balaban J connectivity index is 2.07. The Morgan fingerprint density at radius 3 is 2.23 bits per heavy atom. The zero-order valence-corrected chi connectivity index (χ0v) is 14.1. The van der Waals surface area contributed by atoms with E-state index in [-0.39, 0.29) is 22.9 Å². The van der Waals surface area contributed by atoms with Crippen LogP contribution >= 0.6 is 0 Å². The van der Waals surface area contributed by atoms with Crippen LogP contribution in [0.5, 0.6) is 0 Å². The third-order valence-electron chi connectivity index (χ3n) is 5.12. The van der Waals surface area contributed by atoms with Crippen LogP contribution in [-0.2, 0) is 18.8 Å². The maximum atomic E-state index is 13.3. The Morgan fingerprint density at radius 2 is 1.69 bits per heavy atom. The molecule has 0 saturated heterocycles. The van der Waals surface area contributed by atoms with E-state index in [2.05, 4.69) is 15.3 Å². The number of H-pyrrole nitrogens is 1.